The molecule has 12 heavy (non-hydrogen) atoms. The monoisotopic (exact) mass is 192 g/mol. The van der Waals surface area contributed by atoms with Crippen LogP contribution in [0, 0.1) is 0 Å². The Hall–Kier alpha value is -0.720. The van der Waals surface area contributed by atoms with Gasteiger partial charge in [-0.05, 0) is 35.0 Å². The van der Waals surface area contributed by atoms with E-state index in [4.69, 9.17) is 0 Å². The van der Waals surface area contributed by atoms with Gasteiger partial charge in [0.05, 0.1) is 6.04 Å². The van der Waals surface area contributed by atoms with Gasteiger partial charge in [-0.2, -0.15) is 8.78 Å². The molecule has 2 rings (SSSR count). The minimum atomic E-state index is -2.45. The summed E-state index contributed by atoms with van der Waals surface area (Å²) in [6, 6.07) is 0.251. The van der Waals surface area contributed by atoms with Crippen molar-refractivity contribution in [2.45, 2.75) is 29.8 Å². The molecule has 1 aromatic rings. The van der Waals surface area contributed by atoms with Crippen LogP contribution in [0.3, 0.4) is 0 Å². The van der Waals surface area contributed by atoms with Gasteiger partial charge in [-0.1, -0.05) is 0 Å². The van der Waals surface area contributed by atoms with E-state index in [0.29, 0.717) is 11.8 Å². The van der Waals surface area contributed by atoms with Crippen LogP contribution in [0.25, 0.3) is 0 Å². The summed E-state index contributed by atoms with van der Waals surface area (Å²) in [4.78, 5) is 0. The Morgan fingerprint density at radius 3 is 2.83 bits per heavy atom. The topological polar surface area (TPSA) is 43.6 Å². The number of nitrogens with zero attached hydrogens (tertiary/aromatic N) is 4. The summed E-state index contributed by atoms with van der Waals surface area (Å²) in [5.41, 5.74) is 0. The van der Waals surface area contributed by atoms with Crippen LogP contribution >= 0.6 is 11.8 Å². The summed E-state index contributed by atoms with van der Waals surface area (Å²) in [6.07, 6.45) is 1.98. The molecule has 4 nitrogen and oxygen atoms in total. The summed E-state index contributed by atoms with van der Waals surface area (Å²) in [7, 11) is 0. The summed E-state index contributed by atoms with van der Waals surface area (Å²) in [6.45, 7) is 0. The molecule has 1 aliphatic carbocycles. The van der Waals surface area contributed by atoms with Crippen molar-refractivity contribution in [1.82, 2.24) is 20.2 Å². The van der Waals surface area contributed by atoms with Gasteiger partial charge >= 0.3 is 0 Å². The molecule has 0 bridgehead atoms. The van der Waals surface area contributed by atoms with Crippen molar-refractivity contribution in [2.24, 2.45) is 0 Å². The smallest absolute Gasteiger partial charge is 0.217 e. The van der Waals surface area contributed by atoms with Crippen molar-refractivity contribution < 1.29 is 8.78 Å². The zero-order chi connectivity index (χ0) is 8.55. The molecule has 0 radical (unpaired) electrons. The Morgan fingerprint density at radius 1 is 1.50 bits per heavy atom. The van der Waals surface area contributed by atoms with Gasteiger partial charge in [0.15, 0.2) is 0 Å². The minimum absolute atomic E-state index is 0.215. The standard InChI is InChI=1S/C5H6F2N4S/c6-4(7)12-5-8-9-10-11(5)3-1-2-3/h3-4H,1-2H2. The van der Waals surface area contributed by atoms with Gasteiger partial charge in [-0.3, -0.25) is 0 Å². The summed E-state index contributed by atoms with van der Waals surface area (Å²) >= 11 is 0.394. The van der Waals surface area contributed by atoms with Crippen LogP contribution in [0.2, 0.25) is 0 Å². The van der Waals surface area contributed by atoms with Crippen LogP contribution in [-0.4, -0.2) is 26.0 Å². The van der Waals surface area contributed by atoms with E-state index in [-0.39, 0.29) is 11.2 Å². The van der Waals surface area contributed by atoms with Crippen molar-refractivity contribution in [3.05, 3.63) is 0 Å². The van der Waals surface area contributed by atoms with Crippen molar-refractivity contribution in [3.63, 3.8) is 0 Å². The highest BCUT2D eigenvalue weighted by Crippen LogP contribution is 2.37. The first kappa shape index (κ1) is 7.90. The third-order valence-electron chi connectivity index (χ3n) is 1.55. The molecule has 0 N–H and O–H groups in total. The Kier molecular flexibility index (Phi) is 1.95. The highest BCUT2D eigenvalue weighted by molar-refractivity contribution is 7.99. The molecule has 1 aliphatic rings. The van der Waals surface area contributed by atoms with Gasteiger partial charge in [0, 0.05) is 0 Å². The maximum Gasteiger partial charge on any atom is 0.291 e. The molecule has 0 atom stereocenters. The molecular formula is C5H6F2N4S. The second-order valence-electron chi connectivity index (χ2n) is 2.52. The normalized spacial score (nSPS) is 17.2. The highest BCUT2D eigenvalue weighted by atomic mass is 32.2. The second-order valence-corrected chi connectivity index (χ2v) is 3.47. The molecule has 0 spiro atoms. The Labute approximate surface area is 71.3 Å². The van der Waals surface area contributed by atoms with E-state index in [1.807, 2.05) is 0 Å². The second kappa shape index (κ2) is 2.96. The Bertz CT molecular complexity index is 272. The largest absolute Gasteiger partial charge is 0.291 e. The SMILES string of the molecule is FC(F)Sc1nnnn1C1CC1. The summed E-state index contributed by atoms with van der Waals surface area (Å²) < 4.78 is 25.3. The predicted octanol–water partition coefficient (Wildman–Crippen LogP) is 1.32. The zero-order valence-electron chi connectivity index (χ0n) is 6.02. The molecule has 0 amide bonds. The van der Waals surface area contributed by atoms with E-state index < -0.39 is 5.76 Å². The van der Waals surface area contributed by atoms with Crippen molar-refractivity contribution in [1.29, 1.82) is 0 Å². The maximum atomic E-state index is 11.9. The lowest BCUT2D eigenvalue weighted by molar-refractivity contribution is 0.251. The average Bonchev–Trinajstić information content (AvgIpc) is 2.73. The molecule has 66 valence electrons. The van der Waals surface area contributed by atoms with Crippen LogP contribution in [0.5, 0.6) is 0 Å². The van der Waals surface area contributed by atoms with Gasteiger partial charge in [-0.15, -0.1) is 5.10 Å². The number of alkyl halides is 2. The number of halogens is 2. The maximum absolute atomic E-state index is 11.9. The third kappa shape index (κ3) is 1.55. The van der Waals surface area contributed by atoms with E-state index in [1.165, 1.54) is 4.68 Å². The van der Waals surface area contributed by atoms with Crippen molar-refractivity contribution in [2.75, 3.05) is 0 Å². The van der Waals surface area contributed by atoms with Crippen LogP contribution in [-0.2, 0) is 0 Å². The molecule has 0 aliphatic heterocycles. The fourth-order valence-electron chi connectivity index (χ4n) is 0.891. The molecule has 1 fully saturated rings. The zero-order valence-corrected chi connectivity index (χ0v) is 6.84. The molecule has 1 saturated carbocycles. The molecular weight excluding hydrogens is 186 g/mol. The fraction of sp³-hybridized carbons (Fsp3) is 0.800. The van der Waals surface area contributed by atoms with Crippen molar-refractivity contribution >= 4 is 11.8 Å². The predicted molar refractivity (Wildman–Crippen MR) is 37.9 cm³/mol. The average molecular weight is 192 g/mol. The summed E-state index contributed by atoms with van der Waals surface area (Å²) in [5, 5.41) is 10.7. The minimum Gasteiger partial charge on any atom is -0.217 e. The molecule has 0 unspecified atom stereocenters. The number of aromatic nitrogens is 4. The van der Waals surface area contributed by atoms with Gasteiger partial charge < -0.3 is 0 Å². The summed E-state index contributed by atoms with van der Waals surface area (Å²) in [5.74, 6) is -2.45. The van der Waals surface area contributed by atoms with Crippen LogP contribution in [0.1, 0.15) is 18.9 Å². The lowest BCUT2D eigenvalue weighted by Gasteiger charge is -1.99. The van der Waals surface area contributed by atoms with E-state index in [0.717, 1.165) is 12.8 Å². The lowest BCUT2D eigenvalue weighted by Crippen LogP contribution is -1.99. The fourth-order valence-corrected chi connectivity index (χ4v) is 1.43. The Balaban J connectivity index is 2.13. The molecule has 7 heteroatoms. The first-order valence-electron chi connectivity index (χ1n) is 3.50. The molecule has 1 aromatic heterocycles. The van der Waals surface area contributed by atoms with Crippen LogP contribution in [0.4, 0.5) is 8.78 Å². The number of hydrogen-bond donors (Lipinski definition) is 0. The van der Waals surface area contributed by atoms with E-state index >= 15 is 0 Å². The lowest BCUT2D eigenvalue weighted by atomic mass is 10.7. The Morgan fingerprint density at radius 2 is 2.25 bits per heavy atom. The van der Waals surface area contributed by atoms with Crippen LogP contribution < -0.4 is 0 Å². The van der Waals surface area contributed by atoms with Crippen LogP contribution in [0.15, 0.2) is 5.16 Å². The van der Waals surface area contributed by atoms with E-state index in [1.54, 1.807) is 0 Å². The number of tetrazole rings is 1. The van der Waals surface area contributed by atoms with E-state index in [9.17, 15) is 8.78 Å². The quantitative estimate of drug-likeness (QED) is 0.677. The van der Waals surface area contributed by atoms with Gasteiger partial charge in [0.25, 0.3) is 5.76 Å². The van der Waals surface area contributed by atoms with Gasteiger partial charge in [0.2, 0.25) is 5.16 Å². The van der Waals surface area contributed by atoms with Gasteiger partial charge in [0.1, 0.15) is 0 Å². The first-order chi connectivity index (χ1) is 5.77. The van der Waals surface area contributed by atoms with Crippen molar-refractivity contribution in [3.8, 4) is 0 Å². The number of thioether (sulfide) groups is 1. The number of rotatable bonds is 3. The molecule has 0 aromatic carbocycles. The first-order valence-corrected chi connectivity index (χ1v) is 4.38. The van der Waals surface area contributed by atoms with E-state index in [2.05, 4.69) is 15.5 Å². The number of hydrogen-bond acceptors (Lipinski definition) is 4. The highest BCUT2D eigenvalue weighted by Gasteiger charge is 2.28. The third-order valence-corrected chi connectivity index (χ3v) is 2.21. The van der Waals surface area contributed by atoms with Gasteiger partial charge in [-0.25, -0.2) is 4.68 Å². The molecule has 1 heterocycles. The molecule has 0 saturated heterocycles.